The number of halogens is 2. The van der Waals surface area contributed by atoms with E-state index in [1.54, 1.807) is 42.5 Å². The Hall–Kier alpha value is -4.09. The van der Waals surface area contributed by atoms with Crippen molar-refractivity contribution in [3.05, 3.63) is 107 Å². The summed E-state index contributed by atoms with van der Waals surface area (Å²) in [5, 5.41) is 19.7. The van der Waals surface area contributed by atoms with Gasteiger partial charge in [0.2, 0.25) is 5.13 Å². The lowest BCUT2D eigenvalue weighted by Crippen LogP contribution is -2.29. The molecule has 0 bridgehead atoms. The van der Waals surface area contributed by atoms with E-state index in [-0.39, 0.29) is 22.1 Å². The average molecular weight is 580 g/mol. The van der Waals surface area contributed by atoms with Crippen molar-refractivity contribution in [1.82, 2.24) is 10.2 Å². The van der Waals surface area contributed by atoms with Crippen molar-refractivity contribution in [3.63, 3.8) is 0 Å². The maximum absolute atomic E-state index is 14.1. The first-order valence-corrected chi connectivity index (χ1v) is 14.2. The number of thioether (sulfide) groups is 1. The molecule has 3 aromatic carbocycles. The minimum atomic E-state index is -1.05. The number of aliphatic hydroxyl groups excluding tert-OH is 1. The van der Waals surface area contributed by atoms with E-state index in [9.17, 15) is 23.5 Å². The lowest BCUT2D eigenvalue weighted by Gasteiger charge is -2.23. The first kappa shape index (κ1) is 27.5. The van der Waals surface area contributed by atoms with Gasteiger partial charge >= 0.3 is 5.91 Å². The van der Waals surface area contributed by atoms with Crippen molar-refractivity contribution >= 4 is 45.7 Å². The molecule has 1 aliphatic heterocycles. The summed E-state index contributed by atoms with van der Waals surface area (Å²) in [7, 11) is 0. The van der Waals surface area contributed by atoms with Gasteiger partial charge in [0.15, 0.2) is 4.34 Å². The summed E-state index contributed by atoms with van der Waals surface area (Å²) >= 11 is 2.32. The van der Waals surface area contributed by atoms with Crippen molar-refractivity contribution in [2.24, 2.45) is 0 Å². The molecule has 1 amide bonds. The average Bonchev–Trinajstić information content (AvgIpc) is 3.53. The van der Waals surface area contributed by atoms with E-state index < -0.39 is 29.3 Å². The van der Waals surface area contributed by atoms with E-state index >= 15 is 0 Å². The van der Waals surface area contributed by atoms with Crippen LogP contribution in [-0.4, -0.2) is 33.6 Å². The molecule has 7 nitrogen and oxygen atoms in total. The minimum absolute atomic E-state index is 0.140. The number of ether oxygens (including phenoxy) is 1. The Morgan fingerprint density at radius 1 is 1.05 bits per heavy atom. The molecule has 40 heavy (non-hydrogen) atoms. The Bertz CT molecular complexity index is 1590. The molecule has 1 unspecified atom stereocenters. The first-order valence-electron chi connectivity index (χ1n) is 12.4. The van der Waals surface area contributed by atoms with E-state index in [1.807, 2.05) is 6.92 Å². The summed E-state index contributed by atoms with van der Waals surface area (Å²) < 4.78 is 33.9. The number of ketones is 1. The van der Waals surface area contributed by atoms with Gasteiger partial charge in [-0.25, -0.2) is 8.78 Å². The summed E-state index contributed by atoms with van der Waals surface area (Å²) in [6.45, 7) is 2.44. The number of carbonyl (C=O) groups is 2. The van der Waals surface area contributed by atoms with Crippen LogP contribution < -0.4 is 9.64 Å². The molecule has 1 N–H and O–H groups in total. The van der Waals surface area contributed by atoms with E-state index in [4.69, 9.17) is 4.74 Å². The number of benzene rings is 3. The maximum atomic E-state index is 14.1. The molecule has 1 aromatic heterocycles. The second-order valence-electron chi connectivity index (χ2n) is 8.83. The number of Topliss-reactive ketones (excluding diaryl/α,β-unsaturated/α-hetero) is 1. The van der Waals surface area contributed by atoms with Gasteiger partial charge in [-0.1, -0.05) is 60.4 Å². The van der Waals surface area contributed by atoms with Crippen molar-refractivity contribution in [1.29, 1.82) is 0 Å². The van der Waals surface area contributed by atoms with Gasteiger partial charge < -0.3 is 9.84 Å². The molecule has 1 atom stereocenters. The third-order valence-corrected chi connectivity index (χ3v) is 8.22. The quantitative estimate of drug-likeness (QED) is 0.0793. The summed E-state index contributed by atoms with van der Waals surface area (Å²) in [4.78, 5) is 28.0. The normalized spacial score (nSPS) is 16.5. The molecule has 0 spiro atoms. The number of carbonyl (C=O) groups excluding carboxylic acids is 2. The largest absolute Gasteiger partial charge is 0.507 e. The highest BCUT2D eigenvalue weighted by atomic mass is 32.2. The standard InChI is InChI=1S/C29H23F2N3O4S2/c1-2-14-38-21-8-5-7-18(15-21)24-23(25(35)17-10-12-20(30)13-11-17)26(36)27(37)34(24)28-32-33-29(40-28)39-16-19-6-3-4-9-22(19)31/h3-13,15,24,35H,2,14,16H2,1H3/b25-23+. The second-order valence-corrected chi connectivity index (χ2v) is 11.0. The summed E-state index contributed by atoms with van der Waals surface area (Å²) in [5.41, 5.74) is 1.02. The molecule has 0 aliphatic carbocycles. The highest BCUT2D eigenvalue weighted by Gasteiger charge is 2.48. The number of nitrogens with zero attached hydrogens (tertiary/aromatic N) is 3. The topological polar surface area (TPSA) is 92.6 Å². The van der Waals surface area contributed by atoms with Gasteiger partial charge in [-0.2, -0.15) is 0 Å². The Morgan fingerprint density at radius 3 is 2.58 bits per heavy atom. The summed E-state index contributed by atoms with van der Waals surface area (Å²) in [5.74, 6) is -2.27. The smallest absolute Gasteiger partial charge is 0.301 e. The van der Waals surface area contributed by atoms with Gasteiger partial charge in [0.05, 0.1) is 18.2 Å². The predicted molar refractivity (Wildman–Crippen MR) is 149 cm³/mol. The molecular formula is C29H23F2N3O4S2. The van der Waals surface area contributed by atoms with Crippen LogP contribution in [0.1, 0.15) is 36.1 Å². The van der Waals surface area contributed by atoms with Gasteiger partial charge in [-0.05, 0) is 60.0 Å². The highest BCUT2D eigenvalue weighted by Crippen LogP contribution is 2.44. The van der Waals surface area contributed by atoms with Crippen molar-refractivity contribution in [2.75, 3.05) is 11.5 Å². The monoisotopic (exact) mass is 579 g/mol. The van der Waals surface area contributed by atoms with Crippen molar-refractivity contribution in [3.8, 4) is 5.75 Å². The van der Waals surface area contributed by atoms with Crippen molar-refractivity contribution in [2.45, 2.75) is 29.5 Å². The van der Waals surface area contributed by atoms with E-state index in [1.165, 1.54) is 34.9 Å². The molecule has 1 fully saturated rings. The fourth-order valence-electron chi connectivity index (χ4n) is 4.22. The van der Waals surface area contributed by atoms with Crippen LogP contribution in [0.3, 0.4) is 0 Å². The SMILES string of the molecule is CCCOc1cccc(C2/C(=C(\O)c3ccc(F)cc3)C(=O)C(=O)N2c2nnc(SCc3ccccc3F)s2)c1. The number of rotatable bonds is 9. The molecule has 0 saturated carbocycles. The van der Waals surface area contributed by atoms with Crippen LogP contribution >= 0.6 is 23.1 Å². The summed E-state index contributed by atoms with van der Waals surface area (Å²) in [6, 6.07) is 17.2. The Labute approximate surface area is 237 Å². The zero-order valence-electron chi connectivity index (χ0n) is 21.2. The number of anilines is 1. The Balaban J connectivity index is 1.55. The third kappa shape index (κ3) is 5.61. The van der Waals surface area contributed by atoms with Crippen LogP contribution in [0.15, 0.2) is 82.7 Å². The summed E-state index contributed by atoms with van der Waals surface area (Å²) in [6.07, 6.45) is 0.783. The van der Waals surface area contributed by atoms with Crippen molar-refractivity contribution < 1.29 is 28.2 Å². The molecule has 11 heteroatoms. The van der Waals surface area contributed by atoms with Gasteiger partial charge in [0.1, 0.15) is 23.1 Å². The zero-order valence-corrected chi connectivity index (χ0v) is 22.8. The van der Waals surface area contributed by atoms with Crippen LogP contribution in [0.4, 0.5) is 13.9 Å². The molecule has 2 heterocycles. The second kappa shape index (κ2) is 12.0. The van der Waals surface area contributed by atoms with Crippen LogP contribution in [0, 0.1) is 11.6 Å². The number of aliphatic hydroxyl groups is 1. The zero-order chi connectivity index (χ0) is 28.2. The van der Waals surface area contributed by atoms with Crippen LogP contribution in [-0.2, 0) is 15.3 Å². The maximum Gasteiger partial charge on any atom is 0.301 e. The van der Waals surface area contributed by atoms with Crippen LogP contribution in [0.25, 0.3) is 5.76 Å². The van der Waals surface area contributed by atoms with E-state index in [2.05, 4.69) is 10.2 Å². The molecule has 1 saturated heterocycles. The van der Waals surface area contributed by atoms with E-state index in [0.717, 1.165) is 29.9 Å². The van der Waals surface area contributed by atoms with Gasteiger partial charge in [-0.15, -0.1) is 10.2 Å². The Morgan fingerprint density at radius 2 is 1.82 bits per heavy atom. The van der Waals surface area contributed by atoms with Gasteiger partial charge in [0, 0.05) is 11.3 Å². The molecule has 0 radical (unpaired) electrons. The van der Waals surface area contributed by atoms with Gasteiger partial charge in [-0.3, -0.25) is 14.5 Å². The lowest BCUT2D eigenvalue weighted by atomic mass is 9.95. The third-order valence-electron chi connectivity index (χ3n) is 6.12. The number of hydrogen-bond acceptors (Lipinski definition) is 8. The Kier molecular flexibility index (Phi) is 8.22. The number of amides is 1. The molecule has 4 aromatic rings. The molecular weight excluding hydrogens is 556 g/mol. The van der Waals surface area contributed by atoms with Gasteiger partial charge in [0.25, 0.3) is 5.78 Å². The first-order chi connectivity index (χ1) is 19.4. The van der Waals surface area contributed by atoms with E-state index in [0.29, 0.717) is 33.6 Å². The fourth-order valence-corrected chi connectivity index (χ4v) is 6.07. The predicted octanol–water partition coefficient (Wildman–Crippen LogP) is 6.52. The molecule has 5 rings (SSSR count). The molecule has 204 valence electrons. The van der Waals surface area contributed by atoms with Crippen LogP contribution in [0.5, 0.6) is 5.75 Å². The lowest BCUT2D eigenvalue weighted by molar-refractivity contribution is -0.132. The minimum Gasteiger partial charge on any atom is -0.507 e. The molecule has 1 aliphatic rings. The highest BCUT2D eigenvalue weighted by molar-refractivity contribution is 8.00. The number of aromatic nitrogens is 2. The number of hydrogen-bond donors (Lipinski definition) is 1. The fraction of sp³-hybridized carbons (Fsp3) is 0.172. The van der Waals surface area contributed by atoms with Crippen LogP contribution in [0.2, 0.25) is 0 Å².